The number of aliphatic hydroxyl groups is 1. The van der Waals surface area contributed by atoms with Crippen molar-refractivity contribution in [2.75, 3.05) is 72.2 Å². The minimum atomic E-state index is -1.39. The molecule has 0 aliphatic heterocycles. The van der Waals surface area contributed by atoms with Crippen molar-refractivity contribution in [1.29, 1.82) is 0 Å². The second-order valence-corrected chi connectivity index (χ2v) is 8.21. The van der Waals surface area contributed by atoms with E-state index in [1.807, 2.05) is 13.8 Å². The third kappa shape index (κ3) is 16.8. The molecule has 0 spiro atoms. The SMILES string of the molecule is CC.COCCCC(O)CS(=O)c1cccc(C(=O)NCCOCCOCCOCCN)c1. The van der Waals surface area contributed by atoms with Gasteiger partial charge < -0.3 is 35.1 Å². The largest absolute Gasteiger partial charge is 0.392 e. The maximum atomic E-state index is 12.5. The van der Waals surface area contributed by atoms with E-state index >= 15 is 0 Å². The molecule has 0 saturated heterocycles. The zero-order chi connectivity index (χ0) is 24.7. The fourth-order valence-corrected chi connectivity index (χ4v) is 3.76. The molecule has 0 aromatic heterocycles. The van der Waals surface area contributed by atoms with Crippen LogP contribution in [0, 0.1) is 0 Å². The van der Waals surface area contributed by atoms with Gasteiger partial charge in [-0.3, -0.25) is 9.00 Å². The number of carbonyl (C=O) groups is 1. The Morgan fingerprint density at radius 1 is 1.06 bits per heavy atom. The number of ether oxygens (including phenoxy) is 4. The number of methoxy groups -OCH3 is 1. The van der Waals surface area contributed by atoms with E-state index in [1.165, 1.54) is 0 Å². The van der Waals surface area contributed by atoms with Gasteiger partial charge in [0, 0.05) is 37.3 Å². The fourth-order valence-electron chi connectivity index (χ4n) is 2.56. The summed E-state index contributed by atoms with van der Waals surface area (Å²) in [5, 5.41) is 12.8. The van der Waals surface area contributed by atoms with Gasteiger partial charge in [-0.1, -0.05) is 19.9 Å². The van der Waals surface area contributed by atoms with Crippen molar-refractivity contribution in [3.63, 3.8) is 0 Å². The Balaban J connectivity index is 0.00000497. The number of amides is 1. The molecule has 4 N–H and O–H groups in total. The zero-order valence-electron chi connectivity index (χ0n) is 20.3. The molecule has 9 nitrogen and oxygen atoms in total. The molecule has 1 aromatic rings. The molecule has 2 unspecified atom stereocenters. The molecule has 0 radical (unpaired) electrons. The quantitative estimate of drug-likeness (QED) is 0.248. The first kappa shape index (κ1) is 31.6. The van der Waals surface area contributed by atoms with Gasteiger partial charge >= 0.3 is 0 Å². The topological polar surface area (TPSA) is 129 Å². The lowest BCUT2D eigenvalue weighted by Crippen LogP contribution is -2.27. The second-order valence-electron chi connectivity index (χ2n) is 6.71. The van der Waals surface area contributed by atoms with Gasteiger partial charge in [0.2, 0.25) is 0 Å². The molecule has 0 heterocycles. The molecule has 192 valence electrons. The Kier molecular flexibility index (Phi) is 21.4. The summed E-state index contributed by atoms with van der Waals surface area (Å²) in [5.74, 6) is -0.138. The predicted octanol–water partition coefficient (Wildman–Crippen LogP) is 1.35. The van der Waals surface area contributed by atoms with Gasteiger partial charge in [-0.05, 0) is 31.0 Å². The molecule has 0 aliphatic carbocycles. The van der Waals surface area contributed by atoms with Gasteiger partial charge in [-0.25, -0.2) is 0 Å². The average Bonchev–Trinajstić information content (AvgIpc) is 2.84. The van der Waals surface area contributed by atoms with Gasteiger partial charge in [0.15, 0.2) is 0 Å². The van der Waals surface area contributed by atoms with E-state index < -0.39 is 16.9 Å². The number of carbonyl (C=O) groups excluding carboxylic acids is 1. The number of nitrogens with two attached hydrogens (primary N) is 1. The van der Waals surface area contributed by atoms with E-state index in [0.717, 1.165) is 0 Å². The maximum Gasteiger partial charge on any atom is 0.251 e. The highest BCUT2D eigenvalue weighted by atomic mass is 32.2. The van der Waals surface area contributed by atoms with Crippen molar-refractivity contribution < 1.29 is 33.1 Å². The third-order valence-corrected chi connectivity index (χ3v) is 5.59. The number of rotatable bonds is 19. The molecule has 0 saturated carbocycles. The summed E-state index contributed by atoms with van der Waals surface area (Å²) in [5.41, 5.74) is 5.73. The summed E-state index contributed by atoms with van der Waals surface area (Å²) in [6.07, 6.45) is 0.551. The zero-order valence-corrected chi connectivity index (χ0v) is 21.1. The van der Waals surface area contributed by atoms with Crippen molar-refractivity contribution in [3.05, 3.63) is 29.8 Å². The van der Waals surface area contributed by atoms with Crippen LogP contribution in [0.2, 0.25) is 0 Å². The summed E-state index contributed by atoms with van der Waals surface area (Å²) >= 11 is 0. The van der Waals surface area contributed by atoms with Crippen molar-refractivity contribution in [1.82, 2.24) is 5.32 Å². The minimum Gasteiger partial charge on any atom is -0.392 e. The highest BCUT2D eigenvalue weighted by Gasteiger charge is 2.13. The van der Waals surface area contributed by atoms with Crippen LogP contribution in [-0.2, 0) is 29.7 Å². The number of aliphatic hydroxyl groups excluding tert-OH is 1. The fraction of sp³-hybridized carbons (Fsp3) is 0.696. The van der Waals surface area contributed by atoms with Crippen LogP contribution in [-0.4, -0.2) is 93.5 Å². The molecular weight excluding hydrogens is 448 g/mol. The van der Waals surface area contributed by atoms with Crippen molar-refractivity contribution >= 4 is 16.7 Å². The highest BCUT2D eigenvalue weighted by Crippen LogP contribution is 2.12. The van der Waals surface area contributed by atoms with Crippen molar-refractivity contribution in [2.24, 2.45) is 5.73 Å². The van der Waals surface area contributed by atoms with Gasteiger partial charge in [-0.2, -0.15) is 0 Å². The first-order valence-electron chi connectivity index (χ1n) is 11.5. The van der Waals surface area contributed by atoms with Crippen LogP contribution in [0.3, 0.4) is 0 Å². The first-order chi connectivity index (χ1) is 16.1. The Morgan fingerprint density at radius 2 is 1.70 bits per heavy atom. The van der Waals surface area contributed by atoms with Crippen molar-refractivity contribution in [3.8, 4) is 0 Å². The molecular formula is C23H42N2O7S. The summed E-state index contributed by atoms with van der Waals surface area (Å²) in [4.78, 5) is 12.8. The highest BCUT2D eigenvalue weighted by molar-refractivity contribution is 7.85. The monoisotopic (exact) mass is 490 g/mol. The number of nitrogens with one attached hydrogen (secondary N) is 1. The summed E-state index contributed by atoms with van der Waals surface area (Å²) in [6.45, 7) is 8.15. The van der Waals surface area contributed by atoms with Crippen molar-refractivity contribution in [2.45, 2.75) is 37.7 Å². The van der Waals surface area contributed by atoms with Crippen LogP contribution in [0.1, 0.15) is 37.0 Å². The van der Waals surface area contributed by atoms with Crippen LogP contribution in [0.25, 0.3) is 0 Å². The lowest BCUT2D eigenvalue weighted by Gasteiger charge is -2.11. The average molecular weight is 491 g/mol. The molecule has 10 heteroatoms. The molecule has 2 atom stereocenters. The third-order valence-electron chi connectivity index (χ3n) is 4.13. The van der Waals surface area contributed by atoms with Gasteiger partial charge in [0.1, 0.15) is 0 Å². The Bertz CT molecular complexity index is 635. The molecule has 1 amide bonds. The molecule has 0 aliphatic rings. The molecule has 1 rings (SSSR count). The number of benzene rings is 1. The van der Waals surface area contributed by atoms with E-state index in [2.05, 4.69) is 5.32 Å². The Labute approximate surface area is 200 Å². The summed E-state index contributed by atoms with van der Waals surface area (Å²) in [6, 6.07) is 6.63. The summed E-state index contributed by atoms with van der Waals surface area (Å²) < 4.78 is 33.3. The van der Waals surface area contributed by atoms with E-state index in [0.29, 0.717) is 82.6 Å². The minimum absolute atomic E-state index is 0.129. The Hall–Kier alpha value is -1.40. The Morgan fingerprint density at radius 3 is 2.33 bits per heavy atom. The number of hydrogen-bond donors (Lipinski definition) is 3. The van der Waals surface area contributed by atoms with E-state index in [9.17, 15) is 14.1 Å². The lowest BCUT2D eigenvalue weighted by molar-refractivity contribution is 0.0166. The molecule has 0 bridgehead atoms. The van der Waals surface area contributed by atoms with Gasteiger partial charge in [-0.15, -0.1) is 0 Å². The van der Waals surface area contributed by atoms with E-state index in [4.69, 9.17) is 24.7 Å². The van der Waals surface area contributed by atoms with Crippen LogP contribution >= 0.6 is 0 Å². The normalized spacial score (nSPS) is 12.5. The number of hydrogen-bond acceptors (Lipinski definition) is 8. The first-order valence-corrected chi connectivity index (χ1v) is 12.8. The van der Waals surface area contributed by atoms with E-state index in [-0.39, 0.29) is 11.7 Å². The second kappa shape index (κ2) is 22.4. The molecule has 1 aromatic carbocycles. The van der Waals surface area contributed by atoms with Crippen LogP contribution in [0.4, 0.5) is 0 Å². The smallest absolute Gasteiger partial charge is 0.251 e. The van der Waals surface area contributed by atoms with E-state index in [1.54, 1.807) is 31.4 Å². The maximum absolute atomic E-state index is 12.5. The predicted molar refractivity (Wildman–Crippen MR) is 130 cm³/mol. The standard InChI is InChI=1S/C21H36N2O7S.C2H6/c1-27-9-3-5-19(24)17-31(26)20-6-2-4-18(16-20)21(25)23-8-11-29-13-15-30-14-12-28-10-7-22;1-2/h2,4,6,16,19,24H,3,5,7-15,17,22H2,1H3,(H,23,25);1-2H3. The van der Waals surface area contributed by atoms with Gasteiger partial charge in [0.05, 0.1) is 62.3 Å². The lowest BCUT2D eigenvalue weighted by atomic mass is 10.2. The van der Waals surface area contributed by atoms with Crippen LogP contribution in [0.15, 0.2) is 29.2 Å². The summed E-state index contributed by atoms with van der Waals surface area (Å²) in [7, 11) is 0.216. The van der Waals surface area contributed by atoms with Crippen LogP contribution in [0.5, 0.6) is 0 Å². The molecule has 33 heavy (non-hydrogen) atoms. The van der Waals surface area contributed by atoms with Crippen LogP contribution < -0.4 is 11.1 Å². The van der Waals surface area contributed by atoms with Gasteiger partial charge in [0.25, 0.3) is 5.91 Å². The molecule has 0 fully saturated rings.